The van der Waals surface area contributed by atoms with E-state index in [0.29, 0.717) is 39.3 Å². The number of aliphatic carboxylic acids is 1. The number of phenolic OH excluding ortho intramolecular Hbond substituents is 1. The average molecular weight is 442 g/mol. The van der Waals surface area contributed by atoms with Gasteiger partial charge >= 0.3 is 5.97 Å². The second kappa shape index (κ2) is 7.87. The Morgan fingerprint density at radius 3 is 2.33 bits per heavy atom. The Morgan fingerprint density at radius 2 is 1.67 bits per heavy atom. The number of furan rings is 1. The number of hydrogen-bond acceptors (Lipinski definition) is 6. The summed E-state index contributed by atoms with van der Waals surface area (Å²) >= 11 is 0. The molecule has 0 unspecified atom stereocenters. The van der Waals surface area contributed by atoms with Gasteiger partial charge < -0.3 is 23.8 Å². The molecule has 33 heavy (non-hydrogen) atoms. The number of carboxylic acids is 1. The minimum atomic E-state index is -1.07. The summed E-state index contributed by atoms with van der Waals surface area (Å²) in [5, 5.41) is 20.5. The molecule has 164 valence electrons. The first-order valence-corrected chi connectivity index (χ1v) is 10.1. The predicted octanol–water partition coefficient (Wildman–Crippen LogP) is 5.21. The van der Waals surface area contributed by atoms with Crippen LogP contribution in [0.1, 0.15) is 5.56 Å². The van der Waals surface area contributed by atoms with Crippen LogP contribution < -0.4 is 10.2 Å². The zero-order chi connectivity index (χ0) is 23.1. The highest BCUT2D eigenvalue weighted by Gasteiger charge is 2.25. The van der Waals surface area contributed by atoms with Gasteiger partial charge in [-0.05, 0) is 24.3 Å². The summed E-state index contributed by atoms with van der Waals surface area (Å²) in [7, 11) is 1.55. The van der Waals surface area contributed by atoms with Gasteiger partial charge in [-0.15, -0.1) is 0 Å². The second-order valence-corrected chi connectivity index (χ2v) is 7.52. The van der Waals surface area contributed by atoms with Crippen molar-refractivity contribution < 1.29 is 28.6 Å². The van der Waals surface area contributed by atoms with Gasteiger partial charge in [0.05, 0.1) is 18.9 Å². The molecule has 2 heterocycles. The Balaban J connectivity index is 1.87. The van der Waals surface area contributed by atoms with E-state index in [9.17, 15) is 19.8 Å². The van der Waals surface area contributed by atoms with Crippen LogP contribution >= 0.6 is 0 Å². The van der Waals surface area contributed by atoms with Crippen molar-refractivity contribution in [1.82, 2.24) is 0 Å². The Labute approximate surface area is 187 Å². The Hall–Kier alpha value is -4.52. The molecule has 0 spiro atoms. The molecule has 0 aliphatic heterocycles. The van der Waals surface area contributed by atoms with Gasteiger partial charge in [0.2, 0.25) is 0 Å². The molecule has 0 aliphatic rings. The normalized spacial score (nSPS) is 11.2. The Morgan fingerprint density at radius 1 is 0.939 bits per heavy atom. The third-order valence-corrected chi connectivity index (χ3v) is 5.47. The fourth-order valence-electron chi connectivity index (χ4n) is 3.98. The SMILES string of the molecule is COc1ccc(-c2oc3cc(O)c4c(=O)cc(-c5ccccc5)oc4c3c2CC(=O)O)cc1. The quantitative estimate of drug-likeness (QED) is 0.384. The Kier molecular flexibility index (Phi) is 4.86. The van der Waals surface area contributed by atoms with Crippen molar-refractivity contribution in [2.45, 2.75) is 6.42 Å². The highest BCUT2D eigenvalue weighted by molar-refractivity contribution is 6.10. The second-order valence-electron chi connectivity index (χ2n) is 7.52. The lowest BCUT2D eigenvalue weighted by Gasteiger charge is -2.07. The van der Waals surface area contributed by atoms with E-state index in [1.165, 1.54) is 12.1 Å². The fourth-order valence-corrected chi connectivity index (χ4v) is 3.98. The number of fused-ring (bicyclic) bond motifs is 3. The van der Waals surface area contributed by atoms with E-state index in [1.54, 1.807) is 43.5 Å². The molecule has 2 N–H and O–H groups in total. The van der Waals surface area contributed by atoms with Gasteiger partial charge in [0.15, 0.2) is 11.0 Å². The molecule has 0 saturated heterocycles. The molecule has 0 bridgehead atoms. The lowest BCUT2D eigenvalue weighted by molar-refractivity contribution is -0.136. The minimum absolute atomic E-state index is 0.0316. The molecular formula is C26H18O7. The van der Waals surface area contributed by atoms with Crippen LogP contribution in [0.25, 0.3) is 44.6 Å². The number of carboxylic acid groups (broad SMARTS) is 1. The van der Waals surface area contributed by atoms with Crippen molar-refractivity contribution in [3.8, 4) is 34.1 Å². The van der Waals surface area contributed by atoms with E-state index in [0.717, 1.165) is 0 Å². The molecular weight excluding hydrogens is 424 g/mol. The first kappa shape index (κ1) is 20.4. The summed E-state index contributed by atoms with van der Waals surface area (Å²) in [5.74, 6) is -0.127. The molecule has 0 fully saturated rings. The fraction of sp³-hybridized carbons (Fsp3) is 0.0769. The number of hydrogen-bond donors (Lipinski definition) is 2. The van der Waals surface area contributed by atoms with E-state index in [4.69, 9.17) is 13.6 Å². The molecule has 0 atom stereocenters. The first-order valence-electron chi connectivity index (χ1n) is 10.1. The van der Waals surface area contributed by atoms with Crippen LogP contribution in [0.4, 0.5) is 0 Å². The van der Waals surface area contributed by atoms with Crippen LogP contribution in [-0.2, 0) is 11.2 Å². The maximum atomic E-state index is 12.9. The largest absolute Gasteiger partial charge is 0.507 e. The summed E-state index contributed by atoms with van der Waals surface area (Å²) in [6.07, 6.45) is -0.368. The average Bonchev–Trinajstić information content (AvgIpc) is 3.16. The third-order valence-electron chi connectivity index (χ3n) is 5.47. The number of phenols is 1. The van der Waals surface area contributed by atoms with E-state index in [-0.39, 0.29) is 28.7 Å². The first-order chi connectivity index (χ1) is 16.0. The van der Waals surface area contributed by atoms with Crippen LogP contribution in [-0.4, -0.2) is 23.3 Å². The molecule has 7 nitrogen and oxygen atoms in total. The van der Waals surface area contributed by atoms with Gasteiger partial charge in [-0.1, -0.05) is 30.3 Å². The molecule has 0 amide bonds. The molecule has 0 aliphatic carbocycles. The molecule has 5 aromatic rings. The molecule has 7 heteroatoms. The molecule has 2 aromatic heterocycles. The van der Waals surface area contributed by atoms with Crippen LogP contribution in [0.2, 0.25) is 0 Å². The van der Waals surface area contributed by atoms with Crippen molar-refractivity contribution in [3.05, 3.63) is 82.5 Å². The van der Waals surface area contributed by atoms with Gasteiger partial charge in [0.1, 0.15) is 34.0 Å². The Bertz CT molecular complexity index is 1560. The topological polar surface area (TPSA) is 110 Å². The van der Waals surface area contributed by atoms with Crippen molar-refractivity contribution in [2.24, 2.45) is 0 Å². The van der Waals surface area contributed by atoms with Crippen LogP contribution in [0.5, 0.6) is 11.5 Å². The van der Waals surface area contributed by atoms with Gasteiger partial charge in [0.25, 0.3) is 0 Å². The molecule has 5 rings (SSSR count). The smallest absolute Gasteiger partial charge is 0.307 e. The zero-order valence-corrected chi connectivity index (χ0v) is 17.5. The zero-order valence-electron chi connectivity index (χ0n) is 17.5. The number of rotatable bonds is 5. The standard InChI is InChI=1S/C26H18O7/c1-31-16-9-7-15(8-10-16)25-17(11-22(29)30)23-21(33-25)13-19(28)24-18(27)12-20(32-26(23)24)14-5-3-2-4-6-14/h2-10,12-13,28H,11H2,1H3,(H,29,30). The van der Waals surface area contributed by atoms with Crippen molar-refractivity contribution in [1.29, 1.82) is 0 Å². The summed E-state index contributed by atoms with van der Waals surface area (Å²) in [4.78, 5) is 24.7. The van der Waals surface area contributed by atoms with E-state index in [2.05, 4.69) is 0 Å². The minimum Gasteiger partial charge on any atom is -0.507 e. The third kappa shape index (κ3) is 3.49. The number of carbonyl (C=O) groups is 1. The van der Waals surface area contributed by atoms with Gasteiger partial charge in [0, 0.05) is 28.8 Å². The van der Waals surface area contributed by atoms with Gasteiger partial charge in [-0.2, -0.15) is 0 Å². The monoisotopic (exact) mass is 442 g/mol. The summed E-state index contributed by atoms with van der Waals surface area (Å²) in [6.45, 7) is 0. The van der Waals surface area contributed by atoms with Gasteiger partial charge in [-0.3, -0.25) is 9.59 Å². The summed E-state index contributed by atoms with van der Waals surface area (Å²) in [5.41, 5.74) is 1.50. The lowest BCUT2D eigenvalue weighted by Crippen LogP contribution is -2.03. The van der Waals surface area contributed by atoms with Crippen LogP contribution in [0.15, 0.2) is 80.4 Å². The number of methoxy groups -OCH3 is 1. The maximum Gasteiger partial charge on any atom is 0.307 e. The van der Waals surface area contributed by atoms with Crippen LogP contribution in [0, 0.1) is 0 Å². The highest BCUT2D eigenvalue weighted by atomic mass is 16.5. The van der Waals surface area contributed by atoms with E-state index < -0.39 is 11.4 Å². The molecule has 0 radical (unpaired) electrons. The van der Waals surface area contributed by atoms with E-state index in [1.807, 2.05) is 18.2 Å². The molecule has 3 aromatic carbocycles. The van der Waals surface area contributed by atoms with Crippen molar-refractivity contribution >= 4 is 27.9 Å². The maximum absolute atomic E-state index is 12.9. The van der Waals surface area contributed by atoms with Crippen LogP contribution in [0.3, 0.4) is 0 Å². The van der Waals surface area contributed by atoms with Crippen molar-refractivity contribution in [2.75, 3.05) is 7.11 Å². The highest BCUT2D eigenvalue weighted by Crippen LogP contribution is 2.41. The number of ether oxygens (including phenoxy) is 1. The van der Waals surface area contributed by atoms with Gasteiger partial charge in [-0.25, -0.2) is 0 Å². The summed E-state index contributed by atoms with van der Waals surface area (Å²) in [6, 6.07) is 18.6. The lowest BCUT2D eigenvalue weighted by atomic mass is 10.0. The van der Waals surface area contributed by atoms with E-state index >= 15 is 0 Å². The summed E-state index contributed by atoms with van der Waals surface area (Å²) < 4.78 is 17.3. The number of aromatic hydroxyl groups is 1. The molecule has 0 saturated carbocycles. The van der Waals surface area contributed by atoms with Crippen molar-refractivity contribution in [3.63, 3.8) is 0 Å². The predicted molar refractivity (Wildman–Crippen MR) is 123 cm³/mol. The number of benzene rings is 3.